The van der Waals surface area contributed by atoms with E-state index in [9.17, 15) is 20.1 Å². The van der Waals surface area contributed by atoms with Gasteiger partial charge in [-0.3, -0.25) is 4.90 Å². The zero-order valence-corrected chi connectivity index (χ0v) is 36.6. The van der Waals surface area contributed by atoms with Gasteiger partial charge in [0.05, 0.1) is 50.5 Å². The number of ether oxygens (including phenoxy) is 6. The Labute approximate surface area is 365 Å². The Bertz CT molecular complexity index is 1800. The van der Waals surface area contributed by atoms with Gasteiger partial charge in [-0.15, -0.1) is 18.2 Å². The van der Waals surface area contributed by atoms with E-state index in [4.69, 9.17) is 50.0 Å². The molecule has 7 atom stereocenters. The number of amides is 1. The van der Waals surface area contributed by atoms with Gasteiger partial charge in [-0.1, -0.05) is 36.2 Å². The minimum Gasteiger partial charge on any atom is -0.459 e. The van der Waals surface area contributed by atoms with E-state index >= 15 is 0 Å². The molecule has 1 amide bonds. The number of fused-ring (bicyclic) bond motifs is 2. The molecule has 14 heteroatoms. The van der Waals surface area contributed by atoms with Crippen LogP contribution in [-0.2, 0) is 23.8 Å². The van der Waals surface area contributed by atoms with Crippen molar-refractivity contribution >= 4 is 23.4 Å². The first-order valence-corrected chi connectivity index (χ1v) is 22.6. The Kier molecular flexibility index (Phi) is 17.7. The highest BCUT2D eigenvalue weighted by Gasteiger charge is 2.65. The Balaban J connectivity index is 1.57. The van der Waals surface area contributed by atoms with Crippen LogP contribution >= 0.6 is 11.6 Å². The van der Waals surface area contributed by atoms with Gasteiger partial charge in [0.2, 0.25) is 12.1 Å². The van der Waals surface area contributed by atoms with Gasteiger partial charge in [0.1, 0.15) is 29.9 Å². The average Bonchev–Trinajstić information content (AvgIpc) is 3.27. The highest BCUT2D eigenvalue weighted by molar-refractivity contribution is 6.18. The van der Waals surface area contributed by atoms with Crippen molar-refractivity contribution in [3.8, 4) is 17.2 Å². The van der Waals surface area contributed by atoms with Gasteiger partial charge in [-0.05, 0) is 111 Å². The van der Waals surface area contributed by atoms with Crippen molar-refractivity contribution in [2.24, 2.45) is 22.9 Å². The van der Waals surface area contributed by atoms with Crippen molar-refractivity contribution in [1.82, 2.24) is 4.90 Å². The quantitative estimate of drug-likeness (QED) is 0.0431. The average molecular weight is 869 g/mol. The van der Waals surface area contributed by atoms with Crippen LogP contribution in [0, 0.1) is 31.6 Å². The van der Waals surface area contributed by atoms with E-state index < -0.39 is 30.1 Å². The number of nitrogens with zero attached hydrogens (tertiary/aromatic N) is 2. The summed E-state index contributed by atoms with van der Waals surface area (Å²) in [6, 6.07) is 11.1. The fraction of sp³-hybridized carbons (Fsp3) is 0.617. The molecule has 3 N–H and O–H groups in total. The number of hydrogen-bond acceptors (Lipinski definition) is 12. The molecule has 0 spiro atoms. The summed E-state index contributed by atoms with van der Waals surface area (Å²) in [6.45, 7) is 9.10. The number of alkyl halides is 1. The summed E-state index contributed by atoms with van der Waals surface area (Å²) >= 11 is 6.05. The van der Waals surface area contributed by atoms with Crippen molar-refractivity contribution < 1.29 is 53.4 Å². The summed E-state index contributed by atoms with van der Waals surface area (Å²) in [5, 5.41) is 34.3. The van der Waals surface area contributed by atoms with E-state index in [0.717, 1.165) is 61.0 Å². The second-order valence-corrected chi connectivity index (χ2v) is 16.7. The predicted molar refractivity (Wildman–Crippen MR) is 232 cm³/mol. The molecular weight excluding hydrogens is 804 g/mol. The number of oxime groups is 1. The van der Waals surface area contributed by atoms with E-state index in [-0.39, 0.29) is 82.8 Å². The molecule has 2 aliphatic carbocycles. The lowest BCUT2D eigenvalue weighted by Crippen LogP contribution is -2.70. The molecule has 1 unspecified atom stereocenters. The van der Waals surface area contributed by atoms with Crippen LogP contribution in [-0.4, -0.2) is 115 Å². The monoisotopic (exact) mass is 868 g/mol. The molecule has 0 aromatic heterocycles. The van der Waals surface area contributed by atoms with Gasteiger partial charge < -0.3 is 48.6 Å². The molecule has 2 fully saturated rings. The predicted octanol–water partition coefficient (Wildman–Crippen LogP) is 7.94. The third kappa shape index (κ3) is 11.3. The smallest absolute Gasteiger partial charge is 0.410 e. The van der Waals surface area contributed by atoms with Crippen molar-refractivity contribution in [1.29, 1.82) is 0 Å². The van der Waals surface area contributed by atoms with E-state index in [1.54, 1.807) is 11.0 Å². The number of hydrogen-bond donors (Lipinski definition) is 3. The zero-order valence-electron chi connectivity index (χ0n) is 35.8. The standard InChI is InChI=1S/C47H65ClN2O11/c1-4-23-58-47-42(50(19-26-55-27-22-53)46(54)57-25-18-48)31-40(49-61-43-13-7-10-24-56-43)38-29-34(11-5-8-20-51)37(12-6-9-21-52)44(45(38)47)39-30-36(16-17-41(39)60-47)59-35-15-14-32(2)33(3)28-35/h4,14-17,28-30,34,37,42-45,51-53H,1,5-13,18-27,31H2,2-3H3/t34-,37+,42-,43?,44+,45+,47+/m0/s1. The van der Waals surface area contributed by atoms with E-state index in [0.29, 0.717) is 43.1 Å². The number of aliphatic hydroxyl groups excluding tert-OH is 3. The second-order valence-electron chi connectivity index (χ2n) is 16.4. The second kappa shape index (κ2) is 23.1. The Morgan fingerprint density at radius 1 is 0.984 bits per heavy atom. The number of carbonyl (C=O) groups is 1. The summed E-state index contributed by atoms with van der Waals surface area (Å²) in [7, 11) is 0. The largest absolute Gasteiger partial charge is 0.459 e. The minimum atomic E-state index is -1.49. The van der Waals surface area contributed by atoms with E-state index in [2.05, 4.69) is 32.6 Å². The highest BCUT2D eigenvalue weighted by Crippen LogP contribution is 2.62. The molecule has 2 aromatic carbocycles. The van der Waals surface area contributed by atoms with E-state index in [1.807, 2.05) is 30.3 Å². The van der Waals surface area contributed by atoms with Crippen LogP contribution in [0.25, 0.3) is 0 Å². The van der Waals surface area contributed by atoms with Gasteiger partial charge in [-0.25, -0.2) is 4.79 Å². The molecule has 336 valence electrons. The van der Waals surface area contributed by atoms with Gasteiger partial charge in [0.25, 0.3) is 0 Å². The van der Waals surface area contributed by atoms with Crippen LogP contribution < -0.4 is 9.47 Å². The molecule has 2 aliphatic heterocycles. The molecule has 4 aliphatic rings. The number of benzene rings is 2. The fourth-order valence-electron chi connectivity index (χ4n) is 9.45. The molecule has 13 nitrogen and oxygen atoms in total. The van der Waals surface area contributed by atoms with Crippen LogP contribution in [0.3, 0.4) is 0 Å². The summed E-state index contributed by atoms with van der Waals surface area (Å²) in [5.74, 6) is -0.112. The number of halogens is 1. The molecule has 6 rings (SSSR count). The Hall–Kier alpha value is -3.69. The van der Waals surface area contributed by atoms with Crippen LogP contribution in [0.15, 0.2) is 65.9 Å². The van der Waals surface area contributed by atoms with E-state index in [1.165, 1.54) is 5.56 Å². The summed E-state index contributed by atoms with van der Waals surface area (Å²) in [4.78, 5) is 22.1. The first-order chi connectivity index (χ1) is 29.8. The molecule has 0 radical (unpaired) electrons. The highest BCUT2D eigenvalue weighted by atomic mass is 35.5. The lowest BCUT2D eigenvalue weighted by molar-refractivity contribution is -0.256. The molecule has 0 bridgehead atoms. The molecule has 1 saturated heterocycles. The molecule has 1 saturated carbocycles. The van der Waals surface area contributed by atoms with Crippen molar-refractivity contribution in [3.63, 3.8) is 0 Å². The van der Waals surface area contributed by atoms with Crippen LogP contribution in [0.1, 0.15) is 86.8 Å². The molecule has 2 heterocycles. The number of rotatable bonds is 23. The third-order valence-corrected chi connectivity index (χ3v) is 12.6. The maximum atomic E-state index is 14.3. The van der Waals surface area contributed by atoms with Gasteiger partial charge >= 0.3 is 6.09 Å². The SMILES string of the molecule is C=CCO[C@@]12Oc3ccc(Oc4ccc(C)c(C)c4)cc3[C@H]3[C@H](CCCCO)[C@@H](CCCCO)C=C(C(=NOC4CCCCO4)C[C@@H]1N(CCOCCO)C(=O)OCCCl)[C@H]32. The van der Waals surface area contributed by atoms with Gasteiger partial charge in [0.15, 0.2) is 0 Å². The first-order valence-electron chi connectivity index (χ1n) is 22.1. The Morgan fingerprint density at radius 2 is 1.77 bits per heavy atom. The van der Waals surface area contributed by atoms with Crippen molar-refractivity contribution in [3.05, 3.63) is 77.4 Å². The van der Waals surface area contributed by atoms with Gasteiger partial charge in [0, 0.05) is 44.1 Å². The maximum Gasteiger partial charge on any atom is 0.410 e. The molecule has 2 aromatic rings. The number of aliphatic hydroxyl groups is 3. The van der Waals surface area contributed by atoms with Crippen molar-refractivity contribution in [2.45, 2.75) is 102 Å². The first kappa shape index (κ1) is 46.8. The lowest BCUT2D eigenvalue weighted by atomic mass is 9.55. The van der Waals surface area contributed by atoms with Crippen molar-refractivity contribution in [2.75, 3.05) is 65.3 Å². The summed E-state index contributed by atoms with van der Waals surface area (Å²) in [6.07, 6.45) is 10.1. The number of aryl methyl sites for hydroxylation is 2. The summed E-state index contributed by atoms with van der Waals surface area (Å²) in [5.41, 5.74) is 4.79. The fourth-order valence-corrected chi connectivity index (χ4v) is 9.53. The maximum absolute atomic E-state index is 14.3. The third-order valence-electron chi connectivity index (χ3n) is 12.4. The number of unbranched alkanes of at least 4 members (excludes halogenated alkanes) is 2. The van der Waals surface area contributed by atoms with Crippen LogP contribution in [0.4, 0.5) is 4.79 Å². The number of allylic oxidation sites excluding steroid dienone is 1. The minimum absolute atomic E-state index is 0.0165. The van der Waals surface area contributed by atoms with Crippen LogP contribution in [0.2, 0.25) is 0 Å². The number of carbonyl (C=O) groups excluding carboxylic acids is 1. The summed E-state index contributed by atoms with van der Waals surface area (Å²) < 4.78 is 38.4. The molecule has 61 heavy (non-hydrogen) atoms. The zero-order chi connectivity index (χ0) is 43.2. The Morgan fingerprint density at radius 3 is 2.49 bits per heavy atom. The topological polar surface area (TPSA) is 158 Å². The molecular formula is C47H65ClN2O11. The lowest BCUT2D eigenvalue weighted by Gasteiger charge is -2.59. The van der Waals surface area contributed by atoms with Crippen LogP contribution in [0.5, 0.6) is 17.2 Å². The van der Waals surface area contributed by atoms with Gasteiger partial charge in [-0.2, -0.15) is 0 Å². The normalized spacial score (nSPS) is 26.1.